The summed E-state index contributed by atoms with van der Waals surface area (Å²) in [7, 11) is 0. The van der Waals surface area contributed by atoms with Gasteiger partial charge < -0.3 is 4.74 Å². The summed E-state index contributed by atoms with van der Waals surface area (Å²) in [6.07, 6.45) is -1.69. The van der Waals surface area contributed by atoms with Gasteiger partial charge in [-0.1, -0.05) is 18.2 Å². The third-order valence-corrected chi connectivity index (χ3v) is 3.26. The van der Waals surface area contributed by atoms with Crippen LogP contribution in [-0.4, -0.2) is 12.6 Å². The third kappa shape index (κ3) is 1.93. The quantitative estimate of drug-likeness (QED) is 0.765. The van der Waals surface area contributed by atoms with Gasteiger partial charge in [-0.3, -0.25) is 0 Å². The molecule has 2 aromatic rings. The lowest BCUT2D eigenvalue weighted by molar-refractivity contribution is -0.149. The smallest absolute Gasteiger partial charge is 0.345 e. The zero-order valence-electron chi connectivity index (χ0n) is 8.77. The lowest BCUT2D eigenvalue weighted by Gasteiger charge is -2.08. The summed E-state index contributed by atoms with van der Waals surface area (Å²) in [5, 5.41) is 2.83. The Labute approximate surface area is 96.7 Å². The molecule has 0 spiro atoms. The molecule has 4 heteroatoms. The zero-order valence-corrected chi connectivity index (χ0v) is 9.59. The second-order valence-electron chi connectivity index (χ2n) is 3.30. The Morgan fingerprint density at radius 2 is 2.31 bits per heavy atom. The molecule has 1 heterocycles. The number of hydrogen-bond acceptors (Lipinski definition) is 3. The standard InChI is InChI=1S/C12H11FO2S/c1-2-15-12(14)10(13)9-5-3-4-8-6-7-16-11(8)9/h3-7,10H,2H2,1H3. The molecule has 0 aliphatic carbocycles. The molecular formula is C12H11FO2S. The highest BCUT2D eigenvalue weighted by atomic mass is 32.1. The number of esters is 1. The van der Waals surface area contributed by atoms with Gasteiger partial charge in [-0.25, -0.2) is 9.18 Å². The van der Waals surface area contributed by atoms with Gasteiger partial charge in [-0.15, -0.1) is 11.3 Å². The Morgan fingerprint density at radius 1 is 1.50 bits per heavy atom. The molecule has 0 saturated carbocycles. The summed E-state index contributed by atoms with van der Waals surface area (Å²) in [5.74, 6) is -0.816. The highest BCUT2D eigenvalue weighted by molar-refractivity contribution is 7.17. The van der Waals surface area contributed by atoms with E-state index in [0.29, 0.717) is 5.56 Å². The van der Waals surface area contributed by atoms with Crippen molar-refractivity contribution in [3.8, 4) is 0 Å². The van der Waals surface area contributed by atoms with Gasteiger partial charge in [0.05, 0.1) is 6.61 Å². The lowest BCUT2D eigenvalue weighted by Crippen LogP contribution is -2.11. The van der Waals surface area contributed by atoms with E-state index in [1.54, 1.807) is 19.1 Å². The van der Waals surface area contributed by atoms with Crippen molar-refractivity contribution in [2.45, 2.75) is 13.1 Å². The largest absolute Gasteiger partial charge is 0.464 e. The lowest BCUT2D eigenvalue weighted by atomic mass is 10.1. The Morgan fingerprint density at radius 3 is 3.06 bits per heavy atom. The number of carbonyl (C=O) groups is 1. The maximum Gasteiger partial charge on any atom is 0.345 e. The van der Waals surface area contributed by atoms with Crippen LogP contribution in [0.3, 0.4) is 0 Å². The van der Waals surface area contributed by atoms with Crippen molar-refractivity contribution in [2.24, 2.45) is 0 Å². The Bertz CT molecular complexity index is 506. The van der Waals surface area contributed by atoms with Crippen LogP contribution < -0.4 is 0 Å². The number of fused-ring (bicyclic) bond motifs is 1. The van der Waals surface area contributed by atoms with Gasteiger partial charge in [0.2, 0.25) is 6.17 Å². The fraction of sp³-hybridized carbons (Fsp3) is 0.250. The van der Waals surface area contributed by atoms with E-state index in [1.165, 1.54) is 11.3 Å². The SMILES string of the molecule is CCOC(=O)C(F)c1cccc2ccsc12. The van der Waals surface area contributed by atoms with Crippen LogP contribution in [0.5, 0.6) is 0 Å². The van der Waals surface area contributed by atoms with E-state index in [4.69, 9.17) is 0 Å². The summed E-state index contributed by atoms with van der Waals surface area (Å²) < 4.78 is 19.3. The normalized spacial score (nSPS) is 12.6. The first-order valence-corrected chi connectivity index (χ1v) is 5.89. The minimum absolute atomic E-state index is 0.194. The first-order valence-electron chi connectivity index (χ1n) is 5.01. The summed E-state index contributed by atoms with van der Waals surface area (Å²) in [4.78, 5) is 11.3. The minimum Gasteiger partial charge on any atom is -0.464 e. The topological polar surface area (TPSA) is 26.3 Å². The number of ether oxygens (including phenoxy) is 1. The van der Waals surface area contributed by atoms with Crippen LogP contribution in [0.15, 0.2) is 29.6 Å². The van der Waals surface area contributed by atoms with Crippen molar-refractivity contribution < 1.29 is 13.9 Å². The number of hydrogen-bond donors (Lipinski definition) is 0. The highest BCUT2D eigenvalue weighted by Gasteiger charge is 2.23. The van der Waals surface area contributed by atoms with Crippen molar-refractivity contribution in [1.29, 1.82) is 0 Å². The maximum absolute atomic E-state index is 13.9. The van der Waals surface area contributed by atoms with Crippen molar-refractivity contribution >= 4 is 27.4 Å². The van der Waals surface area contributed by atoms with E-state index >= 15 is 0 Å². The number of alkyl halides is 1. The van der Waals surface area contributed by atoms with Gasteiger partial charge in [-0.05, 0) is 23.8 Å². The van der Waals surface area contributed by atoms with Crippen molar-refractivity contribution in [3.63, 3.8) is 0 Å². The molecule has 0 aliphatic heterocycles. The molecule has 1 aromatic heterocycles. The number of rotatable bonds is 3. The highest BCUT2D eigenvalue weighted by Crippen LogP contribution is 2.31. The fourth-order valence-electron chi connectivity index (χ4n) is 1.56. The van der Waals surface area contributed by atoms with Gasteiger partial charge in [0.1, 0.15) is 0 Å². The molecule has 1 atom stereocenters. The van der Waals surface area contributed by atoms with Gasteiger partial charge >= 0.3 is 5.97 Å². The summed E-state index contributed by atoms with van der Waals surface area (Å²) in [6.45, 7) is 1.86. The van der Waals surface area contributed by atoms with E-state index in [9.17, 15) is 9.18 Å². The molecule has 0 fully saturated rings. The molecule has 0 amide bonds. The van der Waals surface area contributed by atoms with E-state index in [2.05, 4.69) is 4.74 Å². The molecule has 0 aliphatic rings. The zero-order chi connectivity index (χ0) is 11.5. The minimum atomic E-state index is -1.69. The van der Waals surface area contributed by atoms with E-state index in [1.807, 2.05) is 17.5 Å². The number of halogens is 1. The second kappa shape index (κ2) is 4.61. The van der Waals surface area contributed by atoms with Crippen molar-refractivity contribution in [2.75, 3.05) is 6.61 Å². The molecule has 1 unspecified atom stereocenters. The van der Waals surface area contributed by atoms with Gasteiger partial charge in [0, 0.05) is 10.3 Å². The van der Waals surface area contributed by atoms with Gasteiger partial charge in [-0.2, -0.15) is 0 Å². The first-order chi connectivity index (χ1) is 7.74. The Kier molecular flexibility index (Phi) is 3.19. The second-order valence-corrected chi connectivity index (χ2v) is 4.22. The molecule has 0 bridgehead atoms. The van der Waals surface area contributed by atoms with Crippen LogP contribution >= 0.6 is 11.3 Å². The molecule has 2 rings (SSSR count). The number of benzene rings is 1. The summed E-state index contributed by atoms with van der Waals surface area (Å²) in [5.41, 5.74) is 0.394. The van der Waals surface area contributed by atoms with Crippen LogP contribution in [0.4, 0.5) is 4.39 Å². The van der Waals surface area contributed by atoms with Crippen molar-refractivity contribution in [1.82, 2.24) is 0 Å². The van der Waals surface area contributed by atoms with E-state index in [0.717, 1.165) is 10.1 Å². The molecular weight excluding hydrogens is 227 g/mol. The van der Waals surface area contributed by atoms with Crippen LogP contribution in [0.1, 0.15) is 18.7 Å². The van der Waals surface area contributed by atoms with E-state index in [-0.39, 0.29) is 6.61 Å². The first kappa shape index (κ1) is 11.1. The molecule has 16 heavy (non-hydrogen) atoms. The van der Waals surface area contributed by atoms with E-state index < -0.39 is 12.1 Å². The third-order valence-electron chi connectivity index (χ3n) is 2.28. The number of thiophene rings is 1. The monoisotopic (exact) mass is 238 g/mol. The molecule has 0 N–H and O–H groups in total. The fourth-order valence-corrected chi connectivity index (χ4v) is 2.49. The van der Waals surface area contributed by atoms with Crippen LogP contribution in [0, 0.1) is 0 Å². The molecule has 84 valence electrons. The predicted molar refractivity (Wildman–Crippen MR) is 62.3 cm³/mol. The van der Waals surface area contributed by atoms with Gasteiger partial charge in [0.25, 0.3) is 0 Å². The average molecular weight is 238 g/mol. The maximum atomic E-state index is 13.9. The molecule has 2 nitrogen and oxygen atoms in total. The molecule has 0 saturated heterocycles. The summed E-state index contributed by atoms with van der Waals surface area (Å²) in [6, 6.07) is 7.17. The predicted octanol–water partition coefficient (Wildman–Crippen LogP) is 3.48. The Hall–Kier alpha value is -1.42. The molecule has 1 aromatic carbocycles. The van der Waals surface area contributed by atoms with Crippen LogP contribution in [-0.2, 0) is 9.53 Å². The van der Waals surface area contributed by atoms with Crippen LogP contribution in [0.25, 0.3) is 10.1 Å². The molecule has 0 radical (unpaired) electrons. The van der Waals surface area contributed by atoms with Crippen LogP contribution in [0.2, 0.25) is 0 Å². The average Bonchev–Trinajstić information content (AvgIpc) is 2.76. The summed E-state index contributed by atoms with van der Waals surface area (Å²) >= 11 is 1.43. The number of carbonyl (C=O) groups excluding carboxylic acids is 1. The van der Waals surface area contributed by atoms with Gasteiger partial charge in [0.15, 0.2) is 0 Å². The van der Waals surface area contributed by atoms with Crippen molar-refractivity contribution in [3.05, 3.63) is 35.2 Å². The Balaban J connectivity index is 2.39.